The monoisotopic (exact) mass is 539 g/mol. The smallest absolute Gasteiger partial charge is 0.387 e. The van der Waals surface area contributed by atoms with Crippen molar-refractivity contribution in [1.82, 2.24) is 14.1 Å². The van der Waals surface area contributed by atoms with Gasteiger partial charge < -0.3 is 14.2 Å². The van der Waals surface area contributed by atoms with Crippen LogP contribution in [0.5, 0.6) is 17.4 Å². The summed E-state index contributed by atoms with van der Waals surface area (Å²) in [6.45, 7) is 4.50. The van der Waals surface area contributed by atoms with Crippen LogP contribution in [0, 0.1) is 13.8 Å². The number of aromatic nitrogens is 3. The summed E-state index contributed by atoms with van der Waals surface area (Å²) in [6.07, 6.45) is 1.40. The van der Waals surface area contributed by atoms with Gasteiger partial charge in [-0.25, -0.2) is 14.3 Å². The lowest BCUT2D eigenvalue weighted by atomic mass is 10.0. The maximum Gasteiger partial charge on any atom is 0.387 e. The van der Waals surface area contributed by atoms with Gasteiger partial charge in [0.2, 0.25) is 0 Å². The van der Waals surface area contributed by atoms with Crippen LogP contribution in [-0.2, 0) is 25.1 Å². The van der Waals surface area contributed by atoms with E-state index in [2.05, 4.69) is 9.72 Å². The maximum absolute atomic E-state index is 13.1. The fourth-order valence-electron chi connectivity index (χ4n) is 3.96. The van der Waals surface area contributed by atoms with Gasteiger partial charge in [0.1, 0.15) is 12.5 Å². The molecule has 0 unspecified atom stereocenters. The first-order valence-corrected chi connectivity index (χ1v) is 12.4. The quantitative estimate of drug-likeness (QED) is 0.267. The van der Waals surface area contributed by atoms with E-state index in [1.54, 1.807) is 39.1 Å². The zero-order valence-corrected chi connectivity index (χ0v) is 22.5. The number of hydrogen-bond acceptors (Lipinski definition) is 6. The Kier molecular flexibility index (Phi) is 10.1. The van der Waals surface area contributed by atoms with Crippen LogP contribution < -0.4 is 20.7 Å². The number of alkyl halides is 2. The van der Waals surface area contributed by atoms with E-state index < -0.39 is 17.9 Å². The first-order valence-electron chi connectivity index (χ1n) is 12.4. The van der Waals surface area contributed by atoms with Gasteiger partial charge >= 0.3 is 12.3 Å². The van der Waals surface area contributed by atoms with E-state index in [1.165, 1.54) is 22.9 Å². The van der Waals surface area contributed by atoms with Gasteiger partial charge in [-0.2, -0.15) is 8.78 Å². The highest BCUT2D eigenvalue weighted by Crippen LogP contribution is 2.33. The number of halogens is 2. The van der Waals surface area contributed by atoms with Crippen molar-refractivity contribution >= 4 is 0 Å². The van der Waals surface area contributed by atoms with Crippen LogP contribution in [0.1, 0.15) is 30.5 Å². The van der Waals surface area contributed by atoms with E-state index in [-0.39, 0.29) is 25.0 Å². The first kappa shape index (κ1) is 29.2. The van der Waals surface area contributed by atoms with Crippen LogP contribution >= 0.6 is 0 Å². The van der Waals surface area contributed by atoms with Crippen LogP contribution in [0.25, 0.3) is 11.3 Å². The molecule has 0 saturated heterocycles. The molecule has 4 rings (SSSR count). The fraction of sp³-hybridized carbons (Fsp3) is 0.276. The van der Waals surface area contributed by atoms with E-state index >= 15 is 0 Å². The molecule has 0 N–H and O–H groups in total. The maximum atomic E-state index is 13.1. The number of aryl methyl sites for hydroxylation is 1. The van der Waals surface area contributed by atoms with Gasteiger partial charge in [0.25, 0.3) is 11.4 Å². The Morgan fingerprint density at radius 2 is 1.69 bits per heavy atom. The van der Waals surface area contributed by atoms with Crippen molar-refractivity contribution in [3.63, 3.8) is 0 Å². The Balaban J connectivity index is 0.00000205. The Hall–Kier alpha value is -4.31. The third kappa shape index (κ3) is 6.97. The number of benzene rings is 2. The second-order valence-corrected chi connectivity index (χ2v) is 8.28. The molecule has 206 valence electrons. The van der Waals surface area contributed by atoms with E-state index in [4.69, 9.17) is 9.47 Å². The topological polar surface area (TPSA) is 84.6 Å². The first-order chi connectivity index (χ1) is 18.8. The molecule has 2 aromatic heterocycles. The lowest BCUT2D eigenvalue weighted by Gasteiger charge is -2.17. The minimum absolute atomic E-state index is 0.114. The standard InChI is InChI=1S/C27H25F2N3O5.C2H6/c1-17-14-20(36-24-22(37-26(28)29)10-7-13-30-24)11-12-21(17)23-18(2)25(33)32(27(34)31(23)3)16-35-15-19-8-5-4-6-9-19;1-2/h4-14,26H,15-16H2,1-3H3;1-2H3. The molecule has 0 aliphatic carbocycles. The lowest BCUT2D eigenvalue weighted by Crippen LogP contribution is -2.41. The molecule has 0 saturated carbocycles. The molecule has 0 spiro atoms. The number of rotatable bonds is 9. The zero-order valence-electron chi connectivity index (χ0n) is 22.5. The molecule has 10 heteroatoms. The summed E-state index contributed by atoms with van der Waals surface area (Å²) >= 11 is 0. The van der Waals surface area contributed by atoms with Crippen LogP contribution in [0.2, 0.25) is 0 Å². The molecule has 8 nitrogen and oxygen atoms in total. The minimum Gasteiger partial charge on any atom is -0.436 e. The van der Waals surface area contributed by atoms with Crippen molar-refractivity contribution in [2.75, 3.05) is 0 Å². The van der Waals surface area contributed by atoms with E-state index in [0.717, 1.165) is 10.1 Å². The highest BCUT2D eigenvalue weighted by atomic mass is 19.3. The van der Waals surface area contributed by atoms with Gasteiger partial charge in [0, 0.05) is 24.4 Å². The van der Waals surface area contributed by atoms with Crippen molar-refractivity contribution in [3.05, 3.63) is 104 Å². The van der Waals surface area contributed by atoms with Crippen molar-refractivity contribution in [1.29, 1.82) is 0 Å². The second kappa shape index (κ2) is 13.5. The molecule has 2 heterocycles. The van der Waals surface area contributed by atoms with Gasteiger partial charge in [-0.15, -0.1) is 0 Å². The zero-order chi connectivity index (χ0) is 28.5. The normalized spacial score (nSPS) is 10.7. The van der Waals surface area contributed by atoms with Gasteiger partial charge in [0.15, 0.2) is 5.75 Å². The molecule has 4 aromatic rings. The highest BCUT2D eigenvalue weighted by Gasteiger charge is 2.18. The summed E-state index contributed by atoms with van der Waals surface area (Å²) in [6, 6.07) is 17.2. The summed E-state index contributed by atoms with van der Waals surface area (Å²) in [7, 11) is 1.59. The molecule has 0 amide bonds. The summed E-state index contributed by atoms with van der Waals surface area (Å²) < 4.78 is 43.6. The number of ether oxygens (including phenoxy) is 3. The Labute approximate surface area is 225 Å². The third-order valence-electron chi connectivity index (χ3n) is 5.73. The van der Waals surface area contributed by atoms with Gasteiger partial charge in [-0.3, -0.25) is 9.36 Å². The van der Waals surface area contributed by atoms with Crippen LogP contribution in [0.4, 0.5) is 8.78 Å². The average molecular weight is 540 g/mol. The second-order valence-electron chi connectivity index (χ2n) is 8.28. The molecule has 0 fully saturated rings. The Morgan fingerprint density at radius 3 is 2.36 bits per heavy atom. The van der Waals surface area contributed by atoms with Gasteiger partial charge in [-0.1, -0.05) is 44.2 Å². The SMILES string of the molecule is CC.Cc1cc(Oc2ncccc2OC(F)F)ccc1-c1c(C)c(=O)n(COCc2ccccc2)c(=O)n1C. The summed E-state index contributed by atoms with van der Waals surface area (Å²) in [5.41, 5.74) is 2.13. The average Bonchev–Trinajstić information content (AvgIpc) is 2.93. The van der Waals surface area contributed by atoms with Crippen molar-refractivity contribution in [3.8, 4) is 28.6 Å². The number of nitrogens with zero attached hydrogens (tertiary/aromatic N) is 3. The van der Waals surface area contributed by atoms with Gasteiger partial charge in [-0.05, 0) is 55.3 Å². The molecular weight excluding hydrogens is 508 g/mol. The Morgan fingerprint density at radius 1 is 0.974 bits per heavy atom. The lowest BCUT2D eigenvalue weighted by molar-refractivity contribution is -0.0513. The number of hydrogen-bond donors (Lipinski definition) is 0. The van der Waals surface area contributed by atoms with Crippen LogP contribution in [-0.4, -0.2) is 20.7 Å². The van der Waals surface area contributed by atoms with E-state index in [9.17, 15) is 18.4 Å². The molecule has 2 aromatic carbocycles. The van der Waals surface area contributed by atoms with Crippen molar-refractivity contribution in [2.24, 2.45) is 7.05 Å². The number of pyridine rings is 1. The van der Waals surface area contributed by atoms with Gasteiger partial charge in [0.05, 0.1) is 12.3 Å². The summed E-state index contributed by atoms with van der Waals surface area (Å²) in [5.74, 6) is 0.0107. The molecule has 0 radical (unpaired) electrons. The summed E-state index contributed by atoms with van der Waals surface area (Å²) in [4.78, 5) is 30.1. The van der Waals surface area contributed by atoms with E-state index in [0.29, 0.717) is 28.1 Å². The molecule has 0 atom stereocenters. The van der Waals surface area contributed by atoms with Crippen LogP contribution in [0.15, 0.2) is 76.4 Å². The van der Waals surface area contributed by atoms with Crippen molar-refractivity contribution < 1.29 is 23.0 Å². The predicted molar refractivity (Wildman–Crippen MR) is 144 cm³/mol. The van der Waals surface area contributed by atoms with Crippen LogP contribution in [0.3, 0.4) is 0 Å². The Bertz CT molecular complexity index is 1480. The fourth-order valence-corrected chi connectivity index (χ4v) is 3.96. The molecule has 0 aliphatic rings. The largest absolute Gasteiger partial charge is 0.436 e. The third-order valence-corrected chi connectivity index (χ3v) is 5.73. The molecule has 0 aliphatic heterocycles. The highest BCUT2D eigenvalue weighted by molar-refractivity contribution is 5.68. The minimum atomic E-state index is -3.02. The van der Waals surface area contributed by atoms with E-state index in [1.807, 2.05) is 44.2 Å². The molecule has 39 heavy (non-hydrogen) atoms. The molecule has 0 bridgehead atoms. The molecular formula is C29H31F2N3O5. The predicted octanol–water partition coefficient (Wildman–Crippen LogP) is 5.82. The van der Waals surface area contributed by atoms with Crippen molar-refractivity contribution in [2.45, 2.75) is 47.6 Å². The summed E-state index contributed by atoms with van der Waals surface area (Å²) in [5, 5.41) is 0.